The van der Waals surface area contributed by atoms with Crippen molar-refractivity contribution in [1.29, 1.82) is 0 Å². The fourth-order valence-electron chi connectivity index (χ4n) is 2.79. The second kappa shape index (κ2) is 8.84. The zero-order chi connectivity index (χ0) is 16.7. The topological polar surface area (TPSA) is 94.5 Å². The van der Waals surface area contributed by atoms with E-state index in [-0.39, 0.29) is 13.0 Å². The summed E-state index contributed by atoms with van der Waals surface area (Å²) in [5.41, 5.74) is 2.37. The minimum atomic E-state index is -0.909. The number of aryl methyl sites for hydroxylation is 2. The first-order chi connectivity index (χ1) is 11.1. The number of aromatic nitrogens is 1. The lowest BCUT2D eigenvalue weighted by atomic mass is 10.0. The molecule has 0 radical (unpaired) electrons. The molecule has 2 rings (SSSR count). The third-order valence-electron chi connectivity index (χ3n) is 4.27. The van der Waals surface area contributed by atoms with Gasteiger partial charge >= 0.3 is 5.97 Å². The van der Waals surface area contributed by atoms with Crippen molar-refractivity contribution >= 4 is 11.8 Å². The fourth-order valence-corrected chi connectivity index (χ4v) is 2.79. The standard InChI is InChI=1S/C17H27N3O3/c1-12(11-19-15(8-10-21)17(22)23)4-6-14-7-5-13-3-2-9-18-16(13)20-14/h5,7,12,15,19,21H,2-4,6,8-11H2,1H3,(H,18,20)(H,22,23)/t12-,15-/m1/s1. The number of pyridine rings is 1. The van der Waals surface area contributed by atoms with Crippen LogP contribution in [0, 0.1) is 5.92 Å². The van der Waals surface area contributed by atoms with Crippen molar-refractivity contribution in [2.75, 3.05) is 25.0 Å². The van der Waals surface area contributed by atoms with E-state index >= 15 is 0 Å². The van der Waals surface area contributed by atoms with E-state index in [1.54, 1.807) is 0 Å². The second-order valence-electron chi connectivity index (χ2n) is 6.30. The molecule has 1 aliphatic rings. The van der Waals surface area contributed by atoms with Gasteiger partial charge in [-0.25, -0.2) is 4.98 Å². The highest BCUT2D eigenvalue weighted by molar-refractivity contribution is 5.73. The average molecular weight is 321 g/mol. The van der Waals surface area contributed by atoms with E-state index in [1.165, 1.54) is 5.56 Å². The SMILES string of the molecule is C[C@H](CCc1ccc2c(n1)NCCC2)CN[C@H](CCO)C(=O)O. The molecule has 0 spiro atoms. The summed E-state index contributed by atoms with van der Waals surface area (Å²) in [7, 11) is 0. The molecule has 4 N–H and O–H groups in total. The molecule has 0 unspecified atom stereocenters. The van der Waals surface area contributed by atoms with Gasteiger partial charge in [0.05, 0.1) is 0 Å². The molecule has 0 amide bonds. The van der Waals surface area contributed by atoms with E-state index in [9.17, 15) is 4.79 Å². The summed E-state index contributed by atoms with van der Waals surface area (Å²) < 4.78 is 0. The van der Waals surface area contributed by atoms with Gasteiger partial charge in [-0.05, 0) is 56.2 Å². The van der Waals surface area contributed by atoms with Crippen molar-refractivity contribution < 1.29 is 15.0 Å². The summed E-state index contributed by atoms with van der Waals surface area (Å²) >= 11 is 0. The molecule has 0 saturated heterocycles. The summed E-state index contributed by atoms with van der Waals surface area (Å²) in [5, 5.41) is 24.3. The van der Waals surface area contributed by atoms with E-state index in [0.717, 1.165) is 43.7 Å². The Bertz CT molecular complexity index is 522. The smallest absolute Gasteiger partial charge is 0.320 e. The molecule has 128 valence electrons. The van der Waals surface area contributed by atoms with Crippen molar-refractivity contribution in [3.8, 4) is 0 Å². The van der Waals surface area contributed by atoms with E-state index in [1.807, 2.05) is 0 Å². The highest BCUT2D eigenvalue weighted by Crippen LogP contribution is 2.20. The van der Waals surface area contributed by atoms with E-state index in [4.69, 9.17) is 10.2 Å². The van der Waals surface area contributed by atoms with Crippen LogP contribution in [-0.4, -0.2) is 46.9 Å². The maximum Gasteiger partial charge on any atom is 0.320 e. The van der Waals surface area contributed by atoms with Crippen molar-refractivity contribution in [3.63, 3.8) is 0 Å². The highest BCUT2D eigenvalue weighted by atomic mass is 16.4. The monoisotopic (exact) mass is 321 g/mol. The quantitative estimate of drug-likeness (QED) is 0.550. The van der Waals surface area contributed by atoms with Crippen LogP contribution < -0.4 is 10.6 Å². The minimum Gasteiger partial charge on any atom is -0.480 e. The van der Waals surface area contributed by atoms with Crippen LogP contribution in [0.3, 0.4) is 0 Å². The highest BCUT2D eigenvalue weighted by Gasteiger charge is 2.17. The molecule has 0 saturated carbocycles. The lowest BCUT2D eigenvalue weighted by Crippen LogP contribution is -2.39. The predicted molar refractivity (Wildman–Crippen MR) is 89.7 cm³/mol. The molecule has 0 bridgehead atoms. The Labute approximate surface area is 137 Å². The summed E-state index contributed by atoms with van der Waals surface area (Å²) in [6, 6.07) is 3.58. The number of nitrogens with zero attached hydrogens (tertiary/aromatic N) is 1. The molecule has 0 fully saturated rings. The van der Waals surface area contributed by atoms with Gasteiger partial charge in [-0.15, -0.1) is 0 Å². The third kappa shape index (κ3) is 5.48. The number of rotatable bonds is 9. The van der Waals surface area contributed by atoms with Crippen molar-refractivity contribution in [2.45, 2.75) is 45.1 Å². The Morgan fingerprint density at radius 3 is 3.00 bits per heavy atom. The number of carbonyl (C=O) groups is 1. The van der Waals surface area contributed by atoms with Gasteiger partial charge in [0.2, 0.25) is 0 Å². The fraction of sp³-hybridized carbons (Fsp3) is 0.647. The van der Waals surface area contributed by atoms with Gasteiger partial charge in [0.25, 0.3) is 0 Å². The number of hydrogen-bond acceptors (Lipinski definition) is 5. The number of aliphatic hydroxyl groups is 1. The summed E-state index contributed by atoms with van der Waals surface area (Å²) in [6.07, 6.45) is 4.33. The van der Waals surface area contributed by atoms with Gasteiger partial charge in [-0.3, -0.25) is 4.79 Å². The summed E-state index contributed by atoms with van der Waals surface area (Å²) in [6.45, 7) is 3.59. The first-order valence-electron chi connectivity index (χ1n) is 8.40. The number of carboxylic acid groups (broad SMARTS) is 1. The second-order valence-corrected chi connectivity index (χ2v) is 6.30. The number of aliphatic carboxylic acids is 1. The van der Waals surface area contributed by atoms with Gasteiger partial charge in [0, 0.05) is 18.8 Å². The normalized spacial score (nSPS) is 16.3. The van der Waals surface area contributed by atoms with E-state index < -0.39 is 12.0 Å². The van der Waals surface area contributed by atoms with Gasteiger partial charge < -0.3 is 20.8 Å². The van der Waals surface area contributed by atoms with Gasteiger partial charge in [-0.1, -0.05) is 13.0 Å². The molecule has 1 aliphatic heterocycles. The van der Waals surface area contributed by atoms with E-state index in [2.05, 4.69) is 34.7 Å². The van der Waals surface area contributed by atoms with Crippen molar-refractivity contribution in [3.05, 3.63) is 23.4 Å². The third-order valence-corrected chi connectivity index (χ3v) is 4.27. The summed E-state index contributed by atoms with van der Waals surface area (Å²) in [5.74, 6) is 0.462. The van der Waals surface area contributed by atoms with Crippen LogP contribution in [0.5, 0.6) is 0 Å². The Hall–Kier alpha value is -1.66. The molecule has 1 aromatic heterocycles. The largest absolute Gasteiger partial charge is 0.480 e. The molecular weight excluding hydrogens is 294 g/mol. The zero-order valence-corrected chi connectivity index (χ0v) is 13.7. The van der Waals surface area contributed by atoms with Gasteiger partial charge in [0.1, 0.15) is 11.9 Å². The number of nitrogens with one attached hydrogen (secondary N) is 2. The van der Waals surface area contributed by atoms with Crippen molar-refractivity contribution in [2.24, 2.45) is 5.92 Å². The Kier molecular flexibility index (Phi) is 6.80. The van der Waals surface area contributed by atoms with Crippen LogP contribution in [0.4, 0.5) is 5.82 Å². The molecule has 6 nitrogen and oxygen atoms in total. The van der Waals surface area contributed by atoms with Crippen LogP contribution in [0.1, 0.15) is 37.4 Å². The Balaban J connectivity index is 1.77. The molecule has 2 atom stereocenters. The molecule has 0 aliphatic carbocycles. The number of carboxylic acids is 1. The van der Waals surface area contributed by atoms with Crippen LogP contribution in [0.15, 0.2) is 12.1 Å². The van der Waals surface area contributed by atoms with Crippen LogP contribution in [-0.2, 0) is 17.6 Å². The number of aliphatic hydroxyl groups excluding tert-OH is 1. The molecule has 23 heavy (non-hydrogen) atoms. The molecule has 6 heteroatoms. The molecule has 1 aromatic rings. The molecular formula is C17H27N3O3. The first kappa shape index (κ1) is 17.7. The maximum absolute atomic E-state index is 11.0. The zero-order valence-electron chi connectivity index (χ0n) is 13.7. The maximum atomic E-state index is 11.0. The Morgan fingerprint density at radius 2 is 2.26 bits per heavy atom. The van der Waals surface area contributed by atoms with Crippen LogP contribution in [0.25, 0.3) is 0 Å². The van der Waals surface area contributed by atoms with Gasteiger partial charge in [0.15, 0.2) is 0 Å². The lowest BCUT2D eigenvalue weighted by molar-refractivity contribution is -0.139. The van der Waals surface area contributed by atoms with Crippen LogP contribution >= 0.6 is 0 Å². The lowest BCUT2D eigenvalue weighted by Gasteiger charge is -2.19. The molecule has 0 aromatic carbocycles. The number of anilines is 1. The van der Waals surface area contributed by atoms with Gasteiger partial charge in [-0.2, -0.15) is 0 Å². The number of hydrogen-bond donors (Lipinski definition) is 4. The summed E-state index contributed by atoms with van der Waals surface area (Å²) in [4.78, 5) is 15.7. The Morgan fingerprint density at radius 1 is 1.43 bits per heavy atom. The number of fused-ring (bicyclic) bond motifs is 1. The molecule has 2 heterocycles. The predicted octanol–water partition coefficient (Wildman–Crippen LogP) is 1.43. The average Bonchev–Trinajstić information content (AvgIpc) is 2.56. The van der Waals surface area contributed by atoms with Crippen LogP contribution in [0.2, 0.25) is 0 Å². The van der Waals surface area contributed by atoms with E-state index in [0.29, 0.717) is 12.5 Å². The van der Waals surface area contributed by atoms with Crippen molar-refractivity contribution in [1.82, 2.24) is 10.3 Å². The first-order valence-corrected chi connectivity index (χ1v) is 8.40. The minimum absolute atomic E-state index is 0.121.